The fourth-order valence-electron chi connectivity index (χ4n) is 2.91. The van der Waals surface area contributed by atoms with E-state index in [2.05, 4.69) is 15.5 Å². The molecule has 0 aromatic rings. The maximum absolute atomic E-state index is 12.3. The number of carbonyl (C=O) groups excluding carboxylic acids is 2. The molecule has 2 rings (SSSR count). The lowest BCUT2D eigenvalue weighted by molar-refractivity contribution is -0.157. The normalized spacial score (nSPS) is 23.3. The van der Waals surface area contributed by atoms with Gasteiger partial charge >= 0.3 is 6.18 Å². The summed E-state index contributed by atoms with van der Waals surface area (Å²) in [6, 6.07) is 0. The molecule has 2 amide bonds. The van der Waals surface area contributed by atoms with Gasteiger partial charge in [0.1, 0.15) is 6.54 Å². The Morgan fingerprint density at radius 1 is 1.30 bits per heavy atom. The molecule has 132 valence electrons. The molecule has 2 heterocycles. The van der Waals surface area contributed by atoms with E-state index in [1.807, 2.05) is 0 Å². The van der Waals surface area contributed by atoms with E-state index < -0.39 is 24.5 Å². The number of alkyl halides is 3. The van der Waals surface area contributed by atoms with Crippen molar-refractivity contribution in [1.82, 2.24) is 20.4 Å². The van der Waals surface area contributed by atoms with Crippen LogP contribution in [0.2, 0.25) is 0 Å². The molecule has 2 fully saturated rings. The predicted molar refractivity (Wildman–Crippen MR) is 77.7 cm³/mol. The molecule has 9 heteroatoms. The van der Waals surface area contributed by atoms with Gasteiger partial charge in [-0.25, -0.2) is 0 Å². The molecule has 6 nitrogen and oxygen atoms in total. The number of rotatable bonds is 6. The van der Waals surface area contributed by atoms with E-state index in [-0.39, 0.29) is 18.9 Å². The average molecular weight is 336 g/mol. The molecule has 2 aliphatic rings. The Morgan fingerprint density at radius 3 is 2.65 bits per heavy atom. The molecule has 2 saturated heterocycles. The Kier molecular flexibility index (Phi) is 6.23. The van der Waals surface area contributed by atoms with Crippen molar-refractivity contribution < 1.29 is 22.8 Å². The third-order valence-corrected chi connectivity index (χ3v) is 4.12. The number of carbonyl (C=O) groups is 2. The fourth-order valence-corrected chi connectivity index (χ4v) is 2.91. The molecule has 0 saturated carbocycles. The van der Waals surface area contributed by atoms with Gasteiger partial charge in [0, 0.05) is 45.7 Å². The van der Waals surface area contributed by atoms with Crippen LogP contribution in [0.25, 0.3) is 0 Å². The molecule has 0 aliphatic carbocycles. The van der Waals surface area contributed by atoms with Crippen LogP contribution in [0.5, 0.6) is 0 Å². The largest absolute Gasteiger partial charge is 0.406 e. The van der Waals surface area contributed by atoms with Crippen LogP contribution >= 0.6 is 0 Å². The molecule has 1 atom stereocenters. The van der Waals surface area contributed by atoms with E-state index in [9.17, 15) is 22.8 Å². The zero-order valence-electron chi connectivity index (χ0n) is 13.0. The highest BCUT2D eigenvalue weighted by molar-refractivity contribution is 5.89. The van der Waals surface area contributed by atoms with Gasteiger partial charge in [-0.15, -0.1) is 0 Å². The molecule has 1 unspecified atom stereocenters. The van der Waals surface area contributed by atoms with Crippen LogP contribution in [0, 0.1) is 5.92 Å². The predicted octanol–water partition coefficient (Wildman–Crippen LogP) is -0.191. The van der Waals surface area contributed by atoms with Gasteiger partial charge in [0.15, 0.2) is 0 Å². The third-order valence-electron chi connectivity index (χ3n) is 4.12. The van der Waals surface area contributed by atoms with E-state index in [4.69, 9.17) is 0 Å². The second-order valence-electron chi connectivity index (χ2n) is 6.03. The van der Waals surface area contributed by atoms with E-state index >= 15 is 0 Å². The quantitative estimate of drug-likeness (QED) is 0.660. The van der Waals surface area contributed by atoms with Crippen molar-refractivity contribution in [2.24, 2.45) is 5.92 Å². The summed E-state index contributed by atoms with van der Waals surface area (Å²) in [7, 11) is 0. The lowest BCUT2D eigenvalue weighted by Gasteiger charge is -2.27. The van der Waals surface area contributed by atoms with E-state index in [1.54, 1.807) is 0 Å². The van der Waals surface area contributed by atoms with Crippen LogP contribution in [0.3, 0.4) is 0 Å². The first-order valence-corrected chi connectivity index (χ1v) is 7.90. The molecule has 0 aromatic heterocycles. The minimum Gasteiger partial charge on any atom is -0.356 e. The minimum atomic E-state index is -4.43. The number of likely N-dealkylation sites (tertiary alicyclic amines) is 1. The van der Waals surface area contributed by atoms with Crippen LogP contribution in [0.15, 0.2) is 0 Å². The molecular weight excluding hydrogens is 313 g/mol. The Labute approximate surface area is 133 Å². The summed E-state index contributed by atoms with van der Waals surface area (Å²) in [5, 5.41) is 5.98. The molecule has 2 N–H and O–H groups in total. The first kappa shape index (κ1) is 18.0. The van der Waals surface area contributed by atoms with Crippen LogP contribution < -0.4 is 10.6 Å². The van der Waals surface area contributed by atoms with Crippen molar-refractivity contribution in [3.63, 3.8) is 0 Å². The SMILES string of the molecule is O=C(NCCCN1CCNCC1)C1CC(=O)N(CC(F)(F)F)C1. The summed E-state index contributed by atoms with van der Waals surface area (Å²) in [6.07, 6.45) is -3.78. The molecule has 0 aromatic carbocycles. The highest BCUT2D eigenvalue weighted by Crippen LogP contribution is 2.23. The summed E-state index contributed by atoms with van der Waals surface area (Å²) in [5.74, 6) is -1.62. The maximum Gasteiger partial charge on any atom is 0.406 e. The minimum absolute atomic E-state index is 0.139. The highest BCUT2D eigenvalue weighted by Gasteiger charge is 2.40. The molecular formula is C14H23F3N4O2. The fraction of sp³-hybridized carbons (Fsp3) is 0.857. The number of nitrogens with zero attached hydrogens (tertiary/aromatic N) is 2. The van der Waals surface area contributed by atoms with Crippen LogP contribution in [0.4, 0.5) is 13.2 Å². The number of nitrogens with one attached hydrogen (secondary N) is 2. The van der Waals surface area contributed by atoms with Gasteiger partial charge in [0.2, 0.25) is 11.8 Å². The Balaban J connectivity index is 1.65. The second kappa shape index (κ2) is 7.96. The van der Waals surface area contributed by atoms with Gasteiger partial charge in [-0.2, -0.15) is 13.2 Å². The number of piperazine rings is 1. The Bertz CT molecular complexity index is 425. The number of hydrogen-bond acceptors (Lipinski definition) is 4. The average Bonchev–Trinajstić information content (AvgIpc) is 2.84. The van der Waals surface area contributed by atoms with Crippen molar-refractivity contribution in [2.75, 3.05) is 52.4 Å². The van der Waals surface area contributed by atoms with Gasteiger partial charge in [0.25, 0.3) is 0 Å². The van der Waals surface area contributed by atoms with Crippen molar-refractivity contribution >= 4 is 11.8 Å². The van der Waals surface area contributed by atoms with Crippen molar-refractivity contribution in [1.29, 1.82) is 0 Å². The van der Waals surface area contributed by atoms with Crippen molar-refractivity contribution in [3.8, 4) is 0 Å². The van der Waals surface area contributed by atoms with Gasteiger partial charge in [-0.1, -0.05) is 0 Å². The first-order chi connectivity index (χ1) is 10.8. The molecule has 0 spiro atoms. The lowest BCUT2D eigenvalue weighted by Crippen LogP contribution is -2.44. The standard InChI is InChI=1S/C14H23F3N4O2/c15-14(16,17)10-21-9-11(8-12(21)22)13(23)19-2-1-5-20-6-3-18-4-7-20/h11,18H,1-10H2,(H,19,23). The van der Waals surface area contributed by atoms with Crippen LogP contribution in [-0.4, -0.2) is 80.1 Å². The van der Waals surface area contributed by atoms with Gasteiger partial charge < -0.3 is 20.4 Å². The summed E-state index contributed by atoms with van der Waals surface area (Å²) in [4.78, 5) is 26.5. The van der Waals surface area contributed by atoms with Gasteiger partial charge in [0.05, 0.1) is 5.92 Å². The third kappa shape index (κ3) is 5.98. The Hall–Kier alpha value is -1.35. The molecule has 0 bridgehead atoms. The number of hydrogen-bond donors (Lipinski definition) is 2. The second-order valence-corrected chi connectivity index (χ2v) is 6.03. The molecule has 2 aliphatic heterocycles. The first-order valence-electron chi connectivity index (χ1n) is 7.90. The number of amides is 2. The van der Waals surface area contributed by atoms with E-state index in [0.717, 1.165) is 39.1 Å². The smallest absolute Gasteiger partial charge is 0.356 e. The summed E-state index contributed by atoms with van der Waals surface area (Å²) < 4.78 is 37.0. The topological polar surface area (TPSA) is 64.7 Å². The van der Waals surface area contributed by atoms with Crippen LogP contribution in [-0.2, 0) is 9.59 Å². The summed E-state index contributed by atoms with van der Waals surface area (Å²) >= 11 is 0. The van der Waals surface area contributed by atoms with E-state index in [1.165, 1.54) is 0 Å². The molecule has 0 radical (unpaired) electrons. The van der Waals surface area contributed by atoms with Crippen LogP contribution in [0.1, 0.15) is 12.8 Å². The van der Waals surface area contributed by atoms with Crippen molar-refractivity contribution in [2.45, 2.75) is 19.0 Å². The zero-order chi connectivity index (χ0) is 16.9. The summed E-state index contributed by atoms with van der Waals surface area (Å²) in [6.45, 7) is 3.82. The van der Waals surface area contributed by atoms with Gasteiger partial charge in [-0.3, -0.25) is 9.59 Å². The summed E-state index contributed by atoms with van der Waals surface area (Å²) in [5.41, 5.74) is 0. The lowest BCUT2D eigenvalue weighted by atomic mass is 10.1. The highest BCUT2D eigenvalue weighted by atomic mass is 19.4. The monoisotopic (exact) mass is 336 g/mol. The van der Waals surface area contributed by atoms with Crippen molar-refractivity contribution in [3.05, 3.63) is 0 Å². The zero-order valence-corrected chi connectivity index (χ0v) is 13.0. The Morgan fingerprint density at radius 2 is 2.00 bits per heavy atom. The number of halogens is 3. The molecule has 23 heavy (non-hydrogen) atoms. The van der Waals surface area contributed by atoms with Gasteiger partial charge in [-0.05, 0) is 13.0 Å². The maximum atomic E-state index is 12.3. The van der Waals surface area contributed by atoms with E-state index in [0.29, 0.717) is 11.4 Å².